The van der Waals surface area contributed by atoms with Crippen molar-refractivity contribution in [1.29, 1.82) is 0 Å². The van der Waals surface area contributed by atoms with Crippen LogP contribution in [0.5, 0.6) is 0 Å². The van der Waals surface area contributed by atoms with Crippen LogP contribution in [0.4, 0.5) is 0 Å². The van der Waals surface area contributed by atoms with Crippen molar-refractivity contribution in [3.8, 4) is 0 Å². The SMILES string of the molecule is CC(C)C(N)C(=O)OC(CC(=O)OCc1ccccc1)C(OC(=O)C(N)C(C)C)C(=O)O. The first-order valence-electron chi connectivity index (χ1n) is 10.3. The van der Waals surface area contributed by atoms with Crippen LogP contribution in [0.25, 0.3) is 0 Å². The fraction of sp³-hybridized carbons (Fsp3) is 0.545. The Hall–Kier alpha value is -2.98. The van der Waals surface area contributed by atoms with Gasteiger partial charge in [-0.05, 0) is 17.4 Å². The number of carboxylic acid groups (broad SMARTS) is 1. The minimum atomic E-state index is -1.97. The first-order chi connectivity index (χ1) is 14.9. The van der Waals surface area contributed by atoms with Crippen LogP contribution in [0.1, 0.15) is 39.7 Å². The molecule has 178 valence electrons. The number of aliphatic carboxylic acids is 1. The summed E-state index contributed by atoms with van der Waals surface area (Å²) in [4.78, 5) is 48.8. The van der Waals surface area contributed by atoms with Gasteiger partial charge in [0.2, 0.25) is 6.10 Å². The topological polar surface area (TPSA) is 168 Å². The Morgan fingerprint density at radius 3 is 1.84 bits per heavy atom. The lowest BCUT2D eigenvalue weighted by Crippen LogP contribution is -2.49. The zero-order valence-corrected chi connectivity index (χ0v) is 18.7. The van der Waals surface area contributed by atoms with Crippen molar-refractivity contribution in [3.05, 3.63) is 35.9 Å². The molecule has 0 radical (unpaired) electrons. The van der Waals surface area contributed by atoms with E-state index in [0.717, 1.165) is 0 Å². The van der Waals surface area contributed by atoms with Gasteiger partial charge in [0.1, 0.15) is 18.7 Å². The number of esters is 3. The molecule has 0 aliphatic rings. The van der Waals surface area contributed by atoms with Crippen molar-refractivity contribution in [2.75, 3.05) is 0 Å². The summed E-state index contributed by atoms with van der Waals surface area (Å²) >= 11 is 0. The molecule has 1 rings (SSSR count). The quantitative estimate of drug-likeness (QED) is 0.307. The highest BCUT2D eigenvalue weighted by atomic mass is 16.6. The highest BCUT2D eigenvalue weighted by Crippen LogP contribution is 2.16. The molecule has 0 amide bonds. The predicted octanol–water partition coefficient (Wildman–Crippen LogP) is 0.995. The van der Waals surface area contributed by atoms with Crippen LogP contribution in [-0.2, 0) is 40.0 Å². The number of rotatable bonds is 12. The molecule has 0 spiro atoms. The second-order valence-electron chi connectivity index (χ2n) is 8.06. The average molecular weight is 453 g/mol. The molecular formula is C22H32N2O8. The Morgan fingerprint density at radius 2 is 1.38 bits per heavy atom. The van der Waals surface area contributed by atoms with Gasteiger partial charge in [-0.3, -0.25) is 14.4 Å². The maximum Gasteiger partial charge on any atom is 0.349 e. The molecule has 32 heavy (non-hydrogen) atoms. The molecule has 0 aliphatic carbocycles. The van der Waals surface area contributed by atoms with E-state index in [1.54, 1.807) is 58.0 Å². The van der Waals surface area contributed by atoms with Crippen LogP contribution >= 0.6 is 0 Å². The smallest absolute Gasteiger partial charge is 0.349 e. The monoisotopic (exact) mass is 452 g/mol. The van der Waals surface area contributed by atoms with Crippen molar-refractivity contribution in [1.82, 2.24) is 0 Å². The number of hydrogen-bond donors (Lipinski definition) is 3. The Balaban J connectivity index is 3.01. The molecule has 0 aliphatic heterocycles. The number of hydrogen-bond acceptors (Lipinski definition) is 9. The summed E-state index contributed by atoms with van der Waals surface area (Å²) in [5.74, 6) is -5.03. The van der Waals surface area contributed by atoms with Gasteiger partial charge in [0.05, 0.1) is 6.42 Å². The largest absolute Gasteiger partial charge is 0.478 e. The Bertz CT molecular complexity index is 781. The van der Waals surface area contributed by atoms with Crippen LogP contribution in [-0.4, -0.2) is 53.3 Å². The molecule has 0 bridgehead atoms. The summed E-state index contributed by atoms with van der Waals surface area (Å²) in [6.45, 7) is 6.59. The maximum atomic E-state index is 12.4. The lowest BCUT2D eigenvalue weighted by atomic mass is 10.0. The molecule has 0 saturated carbocycles. The van der Waals surface area contributed by atoms with Crippen LogP contribution in [0.3, 0.4) is 0 Å². The summed E-state index contributed by atoms with van der Waals surface area (Å²) in [5.41, 5.74) is 12.2. The van der Waals surface area contributed by atoms with E-state index < -0.39 is 54.6 Å². The zero-order valence-electron chi connectivity index (χ0n) is 18.7. The number of ether oxygens (including phenoxy) is 3. The minimum absolute atomic E-state index is 0.0679. The molecule has 10 nitrogen and oxygen atoms in total. The van der Waals surface area contributed by atoms with Crippen molar-refractivity contribution in [2.24, 2.45) is 23.3 Å². The average Bonchev–Trinajstić information content (AvgIpc) is 2.74. The van der Waals surface area contributed by atoms with Crippen molar-refractivity contribution < 1.29 is 38.5 Å². The zero-order chi connectivity index (χ0) is 24.4. The number of benzene rings is 1. The van der Waals surface area contributed by atoms with Crippen molar-refractivity contribution in [2.45, 2.75) is 65.0 Å². The Kier molecular flexibility index (Phi) is 10.8. The number of carbonyl (C=O) groups excluding carboxylic acids is 3. The summed E-state index contributed by atoms with van der Waals surface area (Å²) in [6.07, 6.45) is -4.29. The molecule has 5 N–H and O–H groups in total. The molecule has 4 atom stereocenters. The lowest BCUT2D eigenvalue weighted by molar-refractivity contribution is -0.184. The van der Waals surface area contributed by atoms with Gasteiger partial charge in [0.15, 0.2) is 6.10 Å². The van der Waals surface area contributed by atoms with Gasteiger partial charge in [-0.15, -0.1) is 0 Å². The highest BCUT2D eigenvalue weighted by molar-refractivity contribution is 5.83. The molecule has 1 aromatic rings. The Morgan fingerprint density at radius 1 is 0.875 bits per heavy atom. The van der Waals surface area contributed by atoms with E-state index >= 15 is 0 Å². The van der Waals surface area contributed by atoms with E-state index in [0.29, 0.717) is 5.56 Å². The molecule has 0 aromatic heterocycles. The molecule has 1 aromatic carbocycles. The van der Waals surface area contributed by atoms with Crippen LogP contribution < -0.4 is 11.5 Å². The van der Waals surface area contributed by atoms with Gasteiger partial charge in [-0.25, -0.2) is 4.79 Å². The standard InChI is InChI=1S/C22H32N2O8/c1-12(2)17(23)21(28)31-15(10-16(25)30-11-14-8-6-5-7-9-14)19(20(26)27)32-22(29)18(24)13(3)4/h5-9,12-13,15,17-19H,10-11,23-24H2,1-4H3,(H,26,27). The molecular weight excluding hydrogens is 420 g/mol. The second kappa shape index (κ2) is 12.8. The van der Waals surface area contributed by atoms with Crippen molar-refractivity contribution >= 4 is 23.9 Å². The van der Waals surface area contributed by atoms with Gasteiger partial charge in [0, 0.05) is 0 Å². The van der Waals surface area contributed by atoms with Gasteiger partial charge in [0.25, 0.3) is 0 Å². The number of carboxylic acids is 1. The first-order valence-corrected chi connectivity index (χ1v) is 10.3. The van der Waals surface area contributed by atoms with Crippen LogP contribution in [0.15, 0.2) is 30.3 Å². The lowest BCUT2D eigenvalue weighted by Gasteiger charge is -2.27. The second-order valence-corrected chi connectivity index (χ2v) is 8.06. The van der Waals surface area contributed by atoms with Gasteiger partial charge in [-0.1, -0.05) is 58.0 Å². The van der Waals surface area contributed by atoms with Gasteiger partial charge < -0.3 is 30.8 Å². The summed E-state index contributed by atoms with van der Waals surface area (Å²) in [5, 5.41) is 9.60. The summed E-state index contributed by atoms with van der Waals surface area (Å²) in [7, 11) is 0. The fourth-order valence-corrected chi connectivity index (χ4v) is 2.43. The van der Waals surface area contributed by atoms with Gasteiger partial charge in [-0.2, -0.15) is 0 Å². The molecule has 0 heterocycles. The third-order valence-electron chi connectivity index (χ3n) is 4.68. The Labute approximate surface area is 187 Å². The summed E-state index contributed by atoms with van der Waals surface area (Å²) in [6, 6.07) is 6.63. The van der Waals surface area contributed by atoms with Crippen LogP contribution in [0, 0.1) is 11.8 Å². The first kappa shape index (κ1) is 27.1. The molecule has 10 heteroatoms. The fourth-order valence-electron chi connectivity index (χ4n) is 2.43. The van der Waals surface area contributed by atoms with Gasteiger partial charge >= 0.3 is 23.9 Å². The van der Waals surface area contributed by atoms with E-state index in [1.165, 1.54) is 0 Å². The number of carbonyl (C=O) groups is 4. The van der Waals surface area contributed by atoms with E-state index in [9.17, 15) is 24.3 Å². The summed E-state index contributed by atoms with van der Waals surface area (Å²) < 4.78 is 15.4. The van der Waals surface area contributed by atoms with E-state index in [-0.39, 0.29) is 18.4 Å². The predicted molar refractivity (Wildman–Crippen MR) is 114 cm³/mol. The molecule has 0 saturated heterocycles. The van der Waals surface area contributed by atoms with E-state index in [4.69, 9.17) is 25.7 Å². The van der Waals surface area contributed by atoms with Crippen LogP contribution in [0.2, 0.25) is 0 Å². The normalized spacial score (nSPS) is 14.9. The maximum absolute atomic E-state index is 12.4. The number of nitrogens with two attached hydrogens (primary N) is 2. The third kappa shape index (κ3) is 8.64. The molecule has 0 fully saturated rings. The van der Waals surface area contributed by atoms with Crippen molar-refractivity contribution in [3.63, 3.8) is 0 Å². The minimum Gasteiger partial charge on any atom is -0.478 e. The molecule has 4 unspecified atom stereocenters. The highest BCUT2D eigenvalue weighted by Gasteiger charge is 2.39. The van der Waals surface area contributed by atoms with E-state index in [2.05, 4.69) is 0 Å². The third-order valence-corrected chi connectivity index (χ3v) is 4.68. The van der Waals surface area contributed by atoms with E-state index in [1.807, 2.05) is 0 Å².